The molecule has 6 aromatic rings. The van der Waals surface area contributed by atoms with Crippen molar-refractivity contribution in [2.75, 3.05) is 68.8 Å². The molecule has 0 spiro atoms. The van der Waals surface area contributed by atoms with Gasteiger partial charge in [-0.3, -0.25) is 54.0 Å². The van der Waals surface area contributed by atoms with Gasteiger partial charge in [0.05, 0.1) is 43.6 Å². The van der Waals surface area contributed by atoms with Crippen LogP contribution in [0.3, 0.4) is 0 Å². The summed E-state index contributed by atoms with van der Waals surface area (Å²) in [6.07, 6.45) is 1.79. The number of benzene rings is 5. The molecule has 23 N–H and O–H groups in total. The third kappa shape index (κ3) is 22.3. The van der Waals surface area contributed by atoms with Crippen molar-refractivity contribution in [2.45, 2.75) is 76.0 Å². The zero-order chi connectivity index (χ0) is 71.6. The Balaban J connectivity index is 1.24. The second-order valence-corrected chi connectivity index (χ2v) is 21.8. The number of carboxylic acids is 1. The number of aliphatic carboxylic acids is 1. The molecule has 0 saturated carbocycles. The van der Waals surface area contributed by atoms with E-state index in [9.17, 15) is 57.8 Å². The highest BCUT2D eigenvalue weighted by atomic mass is 16.5. The predicted octanol–water partition coefficient (Wildman–Crippen LogP) is 1.63. The zero-order valence-electron chi connectivity index (χ0n) is 53.8. The lowest BCUT2D eigenvalue weighted by Crippen LogP contribution is -2.46. The predicted molar refractivity (Wildman–Crippen MR) is 360 cm³/mol. The van der Waals surface area contributed by atoms with Gasteiger partial charge in [0.25, 0.3) is 23.6 Å². The van der Waals surface area contributed by atoms with E-state index in [1.165, 1.54) is 95.0 Å². The largest absolute Gasteiger partial charge is 0.496 e. The van der Waals surface area contributed by atoms with Crippen LogP contribution >= 0.6 is 0 Å². The minimum absolute atomic E-state index is 0.00159. The molecule has 34 nitrogen and oxygen atoms in total. The third-order valence-corrected chi connectivity index (χ3v) is 14.6. The van der Waals surface area contributed by atoms with Crippen LogP contribution in [0.4, 0.5) is 27.5 Å². The van der Waals surface area contributed by atoms with E-state index in [1.807, 2.05) is 24.3 Å². The van der Waals surface area contributed by atoms with Crippen molar-refractivity contribution in [2.24, 2.45) is 22.9 Å². The summed E-state index contributed by atoms with van der Waals surface area (Å²) in [5, 5.41) is 54.4. The summed E-state index contributed by atoms with van der Waals surface area (Å²) in [5.41, 5.74) is 23.0. The molecule has 1 aromatic heterocycles. The van der Waals surface area contributed by atoms with Crippen molar-refractivity contribution >= 4 is 111 Å². The molecule has 0 saturated heterocycles. The first kappa shape index (κ1) is 74.4. The lowest BCUT2D eigenvalue weighted by molar-refractivity contribution is -0.139. The summed E-state index contributed by atoms with van der Waals surface area (Å²) in [6, 6.07) is 17.0. The van der Waals surface area contributed by atoms with Gasteiger partial charge >= 0.3 is 12.0 Å². The number of aromatic nitrogens is 1. The first-order valence-electron chi connectivity index (χ1n) is 30.3. The fourth-order valence-corrected chi connectivity index (χ4v) is 9.90. The van der Waals surface area contributed by atoms with Crippen molar-refractivity contribution in [1.29, 1.82) is 10.8 Å². The Morgan fingerprint density at radius 1 is 0.490 bits per heavy atom. The smallest absolute Gasteiger partial charge is 0.341 e. The Kier molecular flexibility index (Phi) is 27.4. The fourth-order valence-electron chi connectivity index (χ4n) is 9.90. The highest BCUT2D eigenvalue weighted by molar-refractivity contribution is 6.08. The Hall–Kier alpha value is -12.7. The number of H-pyrrole nitrogens is 1. The second-order valence-electron chi connectivity index (χ2n) is 21.8. The molecule has 0 fully saturated rings. The summed E-state index contributed by atoms with van der Waals surface area (Å²) < 4.78 is 21.8. The fraction of sp³-hybridized carbons (Fsp3) is 0.297. The van der Waals surface area contributed by atoms with E-state index in [4.69, 9.17) is 52.7 Å². The maximum atomic E-state index is 14.5. The average molecular weight is 1360 g/mol. The number of ether oxygens (including phenoxy) is 4. The van der Waals surface area contributed by atoms with Crippen LogP contribution in [-0.4, -0.2) is 159 Å². The van der Waals surface area contributed by atoms with Gasteiger partial charge in [0.1, 0.15) is 47.2 Å². The first-order valence-corrected chi connectivity index (χ1v) is 30.3. The summed E-state index contributed by atoms with van der Waals surface area (Å²) in [6.45, 7) is 0.472. The molecule has 5 aromatic carbocycles. The van der Waals surface area contributed by atoms with Crippen LogP contribution < -0.4 is 100 Å². The number of primary amides is 2. The molecular weight excluding hydrogens is 1280 g/mol. The van der Waals surface area contributed by atoms with Gasteiger partial charge in [0.2, 0.25) is 29.5 Å². The van der Waals surface area contributed by atoms with E-state index >= 15 is 0 Å². The molecule has 0 aliphatic rings. The van der Waals surface area contributed by atoms with E-state index in [-0.39, 0.29) is 139 Å². The number of para-hydroxylation sites is 1. The van der Waals surface area contributed by atoms with Crippen LogP contribution in [-0.2, 0) is 35.2 Å². The van der Waals surface area contributed by atoms with E-state index < -0.39 is 102 Å². The summed E-state index contributed by atoms with van der Waals surface area (Å²) in [7, 11) is 3.89. The van der Waals surface area contributed by atoms with Gasteiger partial charge < -0.3 is 110 Å². The van der Waals surface area contributed by atoms with Crippen molar-refractivity contribution in [3.8, 4) is 23.0 Å². The quantitative estimate of drug-likeness (QED) is 0.0151. The Labute approximate surface area is 560 Å². The van der Waals surface area contributed by atoms with E-state index in [0.29, 0.717) is 5.56 Å². The number of hydrogen-bond donors (Lipinski definition) is 19. The number of anilines is 4. The normalized spacial score (nSPS) is 11.9. The maximum Gasteiger partial charge on any atom is 0.341 e. The molecule has 0 unspecified atom stereocenters. The minimum Gasteiger partial charge on any atom is -0.496 e. The third-order valence-electron chi connectivity index (χ3n) is 14.6. The van der Waals surface area contributed by atoms with E-state index in [0.717, 1.165) is 17.0 Å². The van der Waals surface area contributed by atoms with Gasteiger partial charge in [-0.15, -0.1) is 0 Å². The monoisotopic (exact) mass is 1350 g/mol. The highest BCUT2D eigenvalue weighted by Crippen LogP contribution is 2.29. The van der Waals surface area contributed by atoms with E-state index in [2.05, 4.69) is 63.5 Å². The Morgan fingerprint density at radius 2 is 0.857 bits per heavy atom. The molecular formula is C64H78N18O16. The molecule has 0 aliphatic heterocycles. The van der Waals surface area contributed by atoms with E-state index in [1.54, 1.807) is 6.20 Å². The van der Waals surface area contributed by atoms with Crippen LogP contribution in [0.1, 0.15) is 92.4 Å². The average Bonchev–Trinajstić information content (AvgIpc) is 1.87. The number of carbonyl (C=O) groups is 11. The number of methoxy groups -OCH3 is 3. The van der Waals surface area contributed by atoms with Gasteiger partial charge in [-0.2, -0.15) is 0 Å². The van der Waals surface area contributed by atoms with Gasteiger partial charge in [0, 0.05) is 72.8 Å². The molecule has 6 rings (SSSR count). The standard InChI is InChI=1S/C64H78N18O16/c1-33(83)75-35-15-19-49(95-2)40(27-35)55(87)79-45(12-7-23-71-62(66)67)59(91)76-36-16-20-50(96-3)41(28-36)56(88)80-46(13-8-24-72-63(68)69)60(92)78-38-18-22-52(98-32-53(84)85)43(30-38)58(90)81-47(14-9-25-73-64(70)94)61(93)77-37-17-21-51(97-4)42(29-37)57(89)82-48(54(65)86)26-34-31-74-44-11-6-5-10-39(34)44/h5-6,10-11,15-22,27-31,45-48,74H,7-9,12-14,23-26,32H2,1-4H3,(H2,65,86)(H,75,83)(H,76,91)(H,77,93)(H,78,92)(H,79,87)(H,80,88)(H,81,90)(H,82,89)(H,84,85)(H4,66,67,71)(H4,68,69,72)(H3,70,73,94)/t45-,46-,47-,48-/m1/s1. The number of nitrogens with one attached hydrogen (secondary N) is 14. The van der Waals surface area contributed by atoms with Crippen LogP contribution in [0.5, 0.6) is 23.0 Å². The molecule has 0 aliphatic carbocycles. The number of hydrogen-bond acceptors (Lipinski definition) is 17. The zero-order valence-corrected chi connectivity index (χ0v) is 53.8. The summed E-state index contributed by atoms with van der Waals surface area (Å²) >= 11 is 0. The van der Waals surface area contributed by atoms with Crippen LogP contribution in [0.2, 0.25) is 0 Å². The lowest BCUT2D eigenvalue weighted by atomic mass is 10.0. The second kappa shape index (κ2) is 36.1. The number of guanidine groups is 2. The SMILES string of the molecule is COc1ccc(NC(=O)[C@@H](CCCNC(N)=O)NC(=O)c2cc(NC(=O)[C@@H](CCCNC(=N)N)NC(=O)c3cc(NC(=O)[C@@H](CCCNC(=N)N)NC(=O)c4cc(NC(C)=O)ccc4OC)ccc3OC)ccc2OCC(=O)O)cc1C(=O)N[C@H](Cc1c[nH]c2ccccc12)C(N)=O. The molecule has 0 radical (unpaired) electrons. The van der Waals surface area contributed by atoms with Gasteiger partial charge in [-0.25, -0.2) is 9.59 Å². The molecule has 4 atom stereocenters. The van der Waals surface area contributed by atoms with Crippen molar-refractivity contribution in [3.05, 3.63) is 131 Å². The number of aromatic amines is 1. The summed E-state index contributed by atoms with van der Waals surface area (Å²) in [4.78, 5) is 151. The molecule has 0 bridgehead atoms. The topological polar surface area (TPSA) is 545 Å². The van der Waals surface area contributed by atoms with Crippen molar-refractivity contribution < 1.29 is 76.8 Å². The van der Waals surface area contributed by atoms with Crippen molar-refractivity contribution in [3.63, 3.8) is 0 Å². The Morgan fingerprint density at radius 3 is 1.22 bits per heavy atom. The molecule has 11 amide bonds. The van der Waals surface area contributed by atoms with Gasteiger partial charge in [0.15, 0.2) is 18.5 Å². The molecule has 520 valence electrons. The van der Waals surface area contributed by atoms with Crippen LogP contribution in [0, 0.1) is 10.8 Å². The minimum atomic E-state index is -1.47. The number of carbonyl (C=O) groups excluding carboxylic acids is 10. The maximum absolute atomic E-state index is 14.5. The number of fused-ring (bicyclic) bond motifs is 1. The number of carboxylic acid groups (broad SMARTS) is 1. The molecule has 98 heavy (non-hydrogen) atoms. The number of amides is 11. The van der Waals surface area contributed by atoms with Gasteiger partial charge in [-0.05, 0) is 123 Å². The molecule has 34 heteroatoms. The number of rotatable bonds is 36. The lowest BCUT2D eigenvalue weighted by Gasteiger charge is -2.22. The number of urea groups is 1. The Bertz CT molecular complexity index is 3970. The summed E-state index contributed by atoms with van der Waals surface area (Å²) in [5.74, 6) is -9.55. The van der Waals surface area contributed by atoms with Gasteiger partial charge in [-0.1, -0.05) is 18.2 Å². The molecule has 1 heterocycles. The van der Waals surface area contributed by atoms with Crippen LogP contribution in [0.25, 0.3) is 10.9 Å². The number of nitrogens with two attached hydrogens (primary N) is 4. The van der Waals surface area contributed by atoms with Crippen LogP contribution in [0.15, 0.2) is 103 Å². The highest BCUT2D eigenvalue weighted by Gasteiger charge is 2.30. The first-order chi connectivity index (χ1) is 46.8. The van der Waals surface area contributed by atoms with Crippen molar-refractivity contribution in [1.82, 2.24) is 42.2 Å².